The molecule has 2 rings (SSSR count). The van der Waals surface area contributed by atoms with Gasteiger partial charge in [-0.2, -0.15) is 0 Å². The molecule has 0 bridgehead atoms. The van der Waals surface area contributed by atoms with Crippen LogP contribution in [0.1, 0.15) is 31.7 Å². The van der Waals surface area contributed by atoms with E-state index in [-0.39, 0.29) is 5.89 Å². The fourth-order valence-electron chi connectivity index (χ4n) is 2.23. The Kier molecular flexibility index (Phi) is 7.05. The molecule has 0 unspecified atom stereocenters. The summed E-state index contributed by atoms with van der Waals surface area (Å²) in [5, 5.41) is 11.3. The summed E-state index contributed by atoms with van der Waals surface area (Å²) in [6, 6.07) is 7.93. The number of nitrogens with one attached hydrogen (secondary N) is 1. The molecule has 2 aromatic rings. The lowest BCUT2D eigenvalue weighted by Gasteiger charge is -2.02. The SMILES string of the molecule is C=CC(/C=C\CC)=N/C(=C(\C)N)c1nnc(-c2ccc(CNC)cc2)o1. The molecule has 26 heavy (non-hydrogen) atoms. The Morgan fingerprint density at radius 2 is 2.04 bits per heavy atom. The van der Waals surface area contributed by atoms with E-state index in [4.69, 9.17) is 10.2 Å². The molecule has 6 heteroatoms. The number of rotatable bonds is 8. The van der Waals surface area contributed by atoms with Crippen molar-refractivity contribution in [2.24, 2.45) is 10.7 Å². The van der Waals surface area contributed by atoms with Gasteiger partial charge in [0.1, 0.15) is 5.70 Å². The zero-order valence-electron chi connectivity index (χ0n) is 15.5. The Bertz CT molecular complexity index is 824. The maximum atomic E-state index is 5.98. The molecule has 0 fully saturated rings. The summed E-state index contributed by atoms with van der Waals surface area (Å²) in [4.78, 5) is 4.51. The molecule has 0 radical (unpaired) electrons. The van der Waals surface area contributed by atoms with Gasteiger partial charge in [0.2, 0.25) is 5.89 Å². The maximum Gasteiger partial charge on any atom is 0.268 e. The van der Waals surface area contributed by atoms with Crippen LogP contribution in [0, 0.1) is 0 Å². The summed E-state index contributed by atoms with van der Waals surface area (Å²) in [5.41, 5.74) is 9.63. The molecule has 0 saturated heterocycles. The zero-order chi connectivity index (χ0) is 18.9. The number of hydrogen-bond acceptors (Lipinski definition) is 6. The van der Waals surface area contributed by atoms with Gasteiger partial charge >= 0.3 is 0 Å². The first-order valence-corrected chi connectivity index (χ1v) is 8.50. The Balaban J connectivity index is 2.33. The van der Waals surface area contributed by atoms with Crippen LogP contribution in [-0.2, 0) is 6.54 Å². The Labute approximate surface area is 154 Å². The van der Waals surface area contributed by atoms with Crippen LogP contribution in [0.5, 0.6) is 0 Å². The standard InChI is InChI=1S/C20H25N5O/c1-5-7-8-17(6-2)23-18(14(3)21)20-25-24-19(26-20)16-11-9-15(10-12-16)13-22-4/h6-12,22H,2,5,13,21H2,1,3-4H3/b8-7-,18-14+,23-17-. The highest BCUT2D eigenvalue weighted by Gasteiger charge is 2.14. The summed E-state index contributed by atoms with van der Waals surface area (Å²) in [6.45, 7) is 8.38. The predicted molar refractivity (Wildman–Crippen MR) is 106 cm³/mol. The van der Waals surface area contributed by atoms with E-state index in [1.165, 1.54) is 5.56 Å². The highest BCUT2D eigenvalue weighted by atomic mass is 16.4. The third-order valence-corrected chi connectivity index (χ3v) is 3.56. The lowest BCUT2D eigenvalue weighted by Crippen LogP contribution is -2.04. The van der Waals surface area contributed by atoms with Crippen LogP contribution < -0.4 is 11.1 Å². The summed E-state index contributed by atoms with van der Waals surface area (Å²) in [5.74, 6) is 0.706. The summed E-state index contributed by atoms with van der Waals surface area (Å²) in [7, 11) is 1.91. The number of aromatic nitrogens is 2. The largest absolute Gasteiger partial charge is 0.415 e. The molecular weight excluding hydrogens is 326 g/mol. The quantitative estimate of drug-likeness (QED) is 0.708. The summed E-state index contributed by atoms with van der Waals surface area (Å²) in [6.07, 6.45) is 6.44. The van der Waals surface area contributed by atoms with Crippen molar-refractivity contribution >= 4 is 11.4 Å². The van der Waals surface area contributed by atoms with Crippen molar-refractivity contribution in [1.29, 1.82) is 0 Å². The molecule has 1 heterocycles. The first-order valence-electron chi connectivity index (χ1n) is 8.50. The molecule has 1 aromatic heterocycles. The van der Waals surface area contributed by atoms with Crippen molar-refractivity contribution < 1.29 is 4.42 Å². The van der Waals surface area contributed by atoms with E-state index >= 15 is 0 Å². The minimum atomic E-state index is 0.281. The first kappa shape index (κ1) is 19.3. The Hall–Kier alpha value is -2.99. The molecule has 136 valence electrons. The minimum Gasteiger partial charge on any atom is -0.415 e. The average Bonchev–Trinajstić information content (AvgIpc) is 3.12. The second-order valence-corrected chi connectivity index (χ2v) is 5.72. The van der Waals surface area contributed by atoms with E-state index in [9.17, 15) is 0 Å². The van der Waals surface area contributed by atoms with Gasteiger partial charge in [-0.15, -0.1) is 10.2 Å². The topological polar surface area (TPSA) is 89.3 Å². The van der Waals surface area contributed by atoms with Gasteiger partial charge in [0.25, 0.3) is 5.89 Å². The van der Waals surface area contributed by atoms with Gasteiger partial charge in [-0.05, 0) is 50.2 Å². The zero-order valence-corrected chi connectivity index (χ0v) is 15.5. The molecule has 0 aliphatic heterocycles. The van der Waals surface area contributed by atoms with Crippen molar-refractivity contribution in [1.82, 2.24) is 15.5 Å². The molecule has 0 aliphatic carbocycles. The Morgan fingerprint density at radius 1 is 1.31 bits per heavy atom. The second kappa shape index (κ2) is 9.48. The maximum absolute atomic E-state index is 5.98. The van der Waals surface area contributed by atoms with E-state index < -0.39 is 0 Å². The van der Waals surface area contributed by atoms with Crippen molar-refractivity contribution in [3.63, 3.8) is 0 Å². The number of allylic oxidation sites excluding steroid dienone is 4. The lowest BCUT2D eigenvalue weighted by atomic mass is 10.1. The minimum absolute atomic E-state index is 0.281. The van der Waals surface area contributed by atoms with Gasteiger partial charge in [0.15, 0.2) is 0 Å². The highest BCUT2D eigenvalue weighted by Crippen LogP contribution is 2.23. The third kappa shape index (κ3) is 5.00. The number of nitrogens with two attached hydrogens (primary N) is 1. The van der Waals surface area contributed by atoms with Crippen LogP contribution in [0.15, 0.2) is 64.2 Å². The number of benzene rings is 1. The second-order valence-electron chi connectivity index (χ2n) is 5.72. The van der Waals surface area contributed by atoms with Gasteiger partial charge in [0, 0.05) is 17.8 Å². The van der Waals surface area contributed by atoms with Crippen LogP contribution in [0.25, 0.3) is 17.2 Å². The van der Waals surface area contributed by atoms with Crippen molar-refractivity contribution in [3.05, 3.63) is 66.2 Å². The first-order chi connectivity index (χ1) is 12.6. The molecule has 6 nitrogen and oxygen atoms in total. The van der Waals surface area contributed by atoms with Crippen molar-refractivity contribution in [2.75, 3.05) is 7.05 Å². The van der Waals surface area contributed by atoms with Gasteiger partial charge in [-0.3, -0.25) is 0 Å². The van der Waals surface area contributed by atoms with Gasteiger partial charge < -0.3 is 15.5 Å². The van der Waals surface area contributed by atoms with Gasteiger partial charge in [-0.1, -0.05) is 31.7 Å². The van der Waals surface area contributed by atoms with E-state index in [2.05, 4.69) is 27.1 Å². The van der Waals surface area contributed by atoms with Crippen LogP contribution >= 0.6 is 0 Å². The monoisotopic (exact) mass is 351 g/mol. The van der Waals surface area contributed by atoms with E-state index in [0.717, 1.165) is 18.5 Å². The van der Waals surface area contributed by atoms with Crippen LogP contribution in [0.3, 0.4) is 0 Å². The van der Waals surface area contributed by atoms with Crippen molar-refractivity contribution in [2.45, 2.75) is 26.8 Å². The summed E-state index contributed by atoms with van der Waals surface area (Å²) < 4.78 is 5.80. The lowest BCUT2D eigenvalue weighted by molar-refractivity contribution is 0.551. The molecule has 3 N–H and O–H groups in total. The van der Waals surface area contributed by atoms with Gasteiger partial charge in [0.05, 0.1) is 5.71 Å². The number of aliphatic imine (C=N–C) groups is 1. The molecule has 0 saturated carbocycles. The molecule has 0 aliphatic rings. The summed E-state index contributed by atoms with van der Waals surface area (Å²) >= 11 is 0. The number of nitrogens with zero attached hydrogens (tertiary/aromatic N) is 3. The van der Waals surface area contributed by atoms with Gasteiger partial charge in [-0.25, -0.2) is 4.99 Å². The smallest absolute Gasteiger partial charge is 0.268 e. The molecule has 0 amide bonds. The fraction of sp³-hybridized carbons (Fsp3) is 0.250. The third-order valence-electron chi connectivity index (χ3n) is 3.56. The normalized spacial score (nSPS) is 13.1. The molecular formula is C20H25N5O. The van der Waals surface area contributed by atoms with E-state index in [0.29, 0.717) is 23.0 Å². The van der Waals surface area contributed by atoms with Crippen LogP contribution in [0.4, 0.5) is 0 Å². The average molecular weight is 351 g/mol. The number of hydrogen-bond donors (Lipinski definition) is 2. The molecule has 0 spiro atoms. The van der Waals surface area contributed by atoms with Crippen molar-refractivity contribution in [3.8, 4) is 11.5 Å². The highest BCUT2D eigenvalue weighted by molar-refractivity contribution is 6.06. The van der Waals surface area contributed by atoms with Crippen LogP contribution in [-0.4, -0.2) is 23.0 Å². The Morgan fingerprint density at radius 3 is 2.62 bits per heavy atom. The molecule has 0 atom stereocenters. The fourth-order valence-corrected chi connectivity index (χ4v) is 2.23. The predicted octanol–water partition coefficient (Wildman–Crippen LogP) is 3.70. The van der Waals surface area contributed by atoms with Crippen LogP contribution in [0.2, 0.25) is 0 Å². The van der Waals surface area contributed by atoms with E-state index in [1.807, 2.05) is 50.4 Å². The van der Waals surface area contributed by atoms with E-state index in [1.54, 1.807) is 13.0 Å². The molecule has 1 aromatic carbocycles.